The minimum Gasteiger partial charge on any atom is -0.486 e. The molecule has 0 aliphatic rings. The Hall–Kier alpha value is -1.88. The average Bonchev–Trinajstić information content (AvgIpc) is 2.78. The summed E-state index contributed by atoms with van der Waals surface area (Å²) in [6.45, 7) is 2.14. The molecule has 0 N–H and O–H groups in total. The first kappa shape index (κ1) is 12.6. The predicted molar refractivity (Wildman–Crippen MR) is 69.0 cm³/mol. The molecule has 1 aromatic carbocycles. The van der Waals surface area contributed by atoms with Gasteiger partial charge in [0.2, 0.25) is 0 Å². The largest absolute Gasteiger partial charge is 0.486 e. The molecular formula is C13H13NO3S. The molecule has 0 aliphatic carbocycles. The summed E-state index contributed by atoms with van der Waals surface area (Å²) in [5, 5.41) is 0.761. The number of para-hydroxylation sites is 1. The Morgan fingerprint density at radius 3 is 2.72 bits per heavy atom. The quantitative estimate of drug-likeness (QED) is 0.796. The van der Waals surface area contributed by atoms with E-state index in [1.165, 1.54) is 18.4 Å². The SMILES string of the molecule is COC(=O)c1sc(COc2ccccc2)nc1C. The molecule has 0 amide bonds. The highest BCUT2D eigenvalue weighted by Crippen LogP contribution is 2.20. The van der Waals surface area contributed by atoms with Crippen molar-refractivity contribution in [2.45, 2.75) is 13.5 Å². The number of aryl methyl sites for hydroxylation is 1. The van der Waals surface area contributed by atoms with Gasteiger partial charge in [0.05, 0.1) is 12.8 Å². The first-order chi connectivity index (χ1) is 8.70. The normalized spacial score (nSPS) is 10.1. The number of ether oxygens (including phenoxy) is 2. The number of methoxy groups -OCH3 is 1. The van der Waals surface area contributed by atoms with Gasteiger partial charge in [0.15, 0.2) is 0 Å². The summed E-state index contributed by atoms with van der Waals surface area (Å²) < 4.78 is 10.3. The standard InChI is InChI=1S/C13H13NO3S/c1-9-12(13(15)16-2)18-11(14-9)8-17-10-6-4-3-5-7-10/h3-7H,8H2,1-2H3. The summed E-state index contributed by atoms with van der Waals surface area (Å²) in [7, 11) is 1.36. The molecule has 0 unspecified atom stereocenters. The number of benzene rings is 1. The number of aromatic nitrogens is 1. The minimum atomic E-state index is -0.351. The topological polar surface area (TPSA) is 48.4 Å². The van der Waals surface area contributed by atoms with Crippen LogP contribution in [-0.4, -0.2) is 18.1 Å². The highest BCUT2D eigenvalue weighted by molar-refractivity contribution is 7.13. The second-order valence-corrected chi connectivity index (χ2v) is 4.70. The molecule has 2 rings (SSSR count). The Bertz CT molecular complexity index is 536. The van der Waals surface area contributed by atoms with Crippen molar-refractivity contribution in [2.24, 2.45) is 0 Å². The van der Waals surface area contributed by atoms with Crippen LogP contribution in [0.25, 0.3) is 0 Å². The van der Waals surface area contributed by atoms with Gasteiger partial charge in [-0.2, -0.15) is 0 Å². The van der Waals surface area contributed by atoms with E-state index in [0.29, 0.717) is 17.2 Å². The van der Waals surface area contributed by atoms with E-state index in [0.717, 1.165) is 10.8 Å². The zero-order chi connectivity index (χ0) is 13.0. The smallest absolute Gasteiger partial charge is 0.349 e. The number of carbonyl (C=O) groups is 1. The third kappa shape index (κ3) is 2.87. The Kier molecular flexibility index (Phi) is 3.94. The zero-order valence-corrected chi connectivity index (χ0v) is 11.0. The van der Waals surface area contributed by atoms with Gasteiger partial charge >= 0.3 is 5.97 Å². The molecule has 0 saturated heterocycles. The Balaban J connectivity index is 2.05. The van der Waals surface area contributed by atoms with Gasteiger partial charge in [0, 0.05) is 0 Å². The van der Waals surface area contributed by atoms with Crippen LogP contribution in [0.1, 0.15) is 20.4 Å². The van der Waals surface area contributed by atoms with Crippen LogP contribution in [-0.2, 0) is 11.3 Å². The van der Waals surface area contributed by atoms with Crippen molar-refractivity contribution < 1.29 is 14.3 Å². The van der Waals surface area contributed by atoms with Crippen LogP contribution in [0.5, 0.6) is 5.75 Å². The summed E-state index contributed by atoms with van der Waals surface area (Å²) in [6.07, 6.45) is 0. The molecule has 18 heavy (non-hydrogen) atoms. The lowest BCUT2D eigenvalue weighted by Crippen LogP contribution is -1.99. The number of esters is 1. The van der Waals surface area contributed by atoms with Crippen molar-refractivity contribution in [3.8, 4) is 5.75 Å². The molecule has 0 bridgehead atoms. The third-order valence-electron chi connectivity index (χ3n) is 2.32. The third-order valence-corrected chi connectivity index (χ3v) is 3.43. The summed E-state index contributed by atoms with van der Waals surface area (Å²) in [5.41, 5.74) is 0.679. The fraction of sp³-hybridized carbons (Fsp3) is 0.231. The fourth-order valence-electron chi connectivity index (χ4n) is 1.46. The van der Waals surface area contributed by atoms with E-state index in [2.05, 4.69) is 9.72 Å². The molecule has 2 aromatic rings. The van der Waals surface area contributed by atoms with E-state index in [1.54, 1.807) is 6.92 Å². The van der Waals surface area contributed by atoms with Crippen molar-refractivity contribution in [3.05, 3.63) is 45.9 Å². The molecule has 0 fully saturated rings. The van der Waals surface area contributed by atoms with E-state index in [1.807, 2.05) is 30.3 Å². The lowest BCUT2D eigenvalue weighted by Gasteiger charge is -2.02. The van der Waals surface area contributed by atoms with Crippen LogP contribution >= 0.6 is 11.3 Å². The van der Waals surface area contributed by atoms with E-state index < -0.39 is 0 Å². The molecule has 4 nitrogen and oxygen atoms in total. The zero-order valence-electron chi connectivity index (χ0n) is 10.2. The summed E-state index contributed by atoms with van der Waals surface area (Å²) >= 11 is 1.30. The molecule has 0 atom stereocenters. The van der Waals surface area contributed by atoms with Gasteiger partial charge in [-0.3, -0.25) is 0 Å². The van der Waals surface area contributed by atoms with E-state index in [-0.39, 0.29) is 5.97 Å². The van der Waals surface area contributed by atoms with Crippen LogP contribution < -0.4 is 4.74 Å². The van der Waals surface area contributed by atoms with E-state index in [9.17, 15) is 4.79 Å². The maximum atomic E-state index is 11.4. The predicted octanol–water partition coefficient (Wildman–Crippen LogP) is 2.82. The van der Waals surface area contributed by atoms with Crippen molar-refractivity contribution in [1.29, 1.82) is 0 Å². The molecule has 5 heteroatoms. The van der Waals surface area contributed by atoms with Crippen molar-refractivity contribution in [2.75, 3.05) is 7.11 Å². The maximum Gasteiger partial charge on any atom is 0.349 e. The lowest BCUT2D eigenvalue weighted by atomic mass is 10.3. The molecule has 1 aromatic heterocycles. The monoisotopic (exact) mass is 263 g/mol. The van der Waals surface area contributed by atoms with Crippen molar-refractivity contribution >= 4 is 17.3 Å². The van der Waals surface area contributed by atoms with Crippen LogP contribution in [0.4, 0.5) is 0 Å². The number of hydrogen-bond donors (Lipinski definition) is 0. The highest BCUT2D eigenvalue weighted by Gasteiger charge is 2.15. The van der Waals surface area contributed by atoms with Gasteiger partial charge in [-0.1, -0.05) is 18.2 Å². The van der Waals surface area contributed by atoms with Crippen LogP contribution in [0.3, 0.4) is 0 Å². The van der Waals surface area contributed by atoms with Crippen LogP contribution in [0.2, 0.25) is 0 Å². The Labute approximate surface area is 109 Å². The fourth-order valence-corrected chi connectivity index (χ4v) is 2.35. The van der Waals surface area contributed by atoms with Gasteiger partial charge in [0.25, 0.3) is 0 Å². The minimum absolute atomic E-state index is 0.351. The first-order valence-corrected chi connectivity index (χ1v) is 6.25. The molecule has 94 valence electrons. The second kappa shape index (κ2) is 5.64. The van der Waals surface area contributed by atoms with Gasteiger partial charge in [0.1, 0.15) is 22.2 Å². The molecular weight excluding hydrogens is 250 g/mol. The Morgan fingerprint density at radius 2 is 2.06 bits per heavy atom. The van der Waals surface area contributed by atoms with Crippen molar-refractivity contribution in [1.82, 2.24) is 4.98 Å². The molecule has 1 heterocycles. The van der Waals surface area contributed by atoms with Gasteiger partial charge in [-0.25, -0.2) is 9.78 Å². The summed E-state index contributed by atoms with van der Waals surface area (Å²) in [4.78, 5) is 16.2. The number of rotatable bonds is 4. The number of hydrogen-bond acceptors (Lipinski definition) is 5. The van der Waals surface area contributed by atoms with Crippen molar-refractivity contribution in [3.63, 3.8) is 0 Å². The maximum absolute atomic E-state index is 11.4. The van der Waals surface area contributed by atoms with Gasteiger partial charge < -0.3 is 9.47 Å². The molecule has 0 aliphatic heterocycles. The van der Waals surface area contributed by atoms with Crippen LogP contribution in [0, 0.1) is 6.92 Å². The highest BCUT2D eigenvalue weighted by atomic mass is 32.1. The second-order valence-electron chi connectivity index (χ2n) is 3.62. The number of carbonyl (C=O) groups excluding carboxylic acids is 1. The molecule has 0 radical (unpaired) electrons. The van der Waals surface area contributed by atoms with Crippen LogP contribution in [0.15, 0.2) is 30.3 Å². The Morgan fingerprint density at radius 1 is 1.33 bits per heavy atom. The lowest BCUT2D eigenvalue weighted by molar-refractivity contribution is 0.0605. The number of thiazole rings is 1. The summed E-state index contributed by atoms with van der Waals surface area (Å²) in [6, 6.07) is 9.49. The van der Waals surface area contributed by atoms with E-state index in [4.69, 9.17) is 4.74 Å². The van der Waals surface area contributed by atoms with E-state index >= 15 is 0 Å². The summed E-state index contributed by atoms with van der Waals surface area (Å²) in [5.74, 6) is 0.431. The number of nitrogens with zero attached hydrogens (tertiary/aromatic N) is 1. The van der Waals surface area contributed by atoms with Gasteiger partial charge in [-0.15, -0.1) is 11.3 Å². The van der Waals surface area contributed by atoms with Gasteiger partial charge in [-0.05, 0) is 19.1 Å². The molecule has 0 spiro atoms. The molecule has 0 saturated carbocycles. The average molecular weight is 263 g/mol. The first-order valence-electron chi connectivity index (χ1n) is 5.43.